The fourth-order valence-corrected chi connectivity index (χ4v) is 3.60. The summed E-state index contributed by atoms with van der Waals surface area (Å²) in [7, 11) is -3.73. The van der Waals surface area contributed by atoms with Gasteiger partial charge in [-0.15, -0.1) is 0 Å². The van der Waals surface area contributed by atoms with E-state index in [1.165, 1.54) is 24.4 Å². The smallest absolute Gasteiger partial charge is 0.260 e. The molecule has 1 N–H and O–H groups in total. The Morgan fingerprint density at radius 1 is 1.19 bits per heavy atom. The second-order valence-electron chi connectivity index (χ2n) is 5.24. The molecule has 6 nitrogen and oxygen atoms in total. The van der Waals surface area contributed by atoms with Gasteiger partial charge in [0.2, 0.25) is 10.0 Å². The van der Waals surface area contributed by atoms with Gasteiger partial charge in [-0.25, -0.2) is 13.8 Å². The van der Waals surface area contributed by atoms with E-state index < -0.39 is 22.5 Å². The van der Waals surface area contributed by atoms with Gasteiger partial charge in [-0.2, -0.15) is 5.10 Å². The first kappa shape index (κ1) is 20.7. The number of anilines is 1. The average Bonchev–Trinajstić information content (AvgIpc) is 2.52. The van der Waals surface area contributed by atoms with E-state index in [9.17, 15) is 13.2 Å². The van der Waals surface area contributed by atoms with Gasteiger partial charge in [0.25, 0.3) is 5.91 Å². The maximum Gasteiger partial charge on any atom is 0.260 e. The Balaban J connectivity index is 2.11. The van der Waals surface area contributed by atoms with Crippen molar-refractivity contribution in [1.29, 1.82) is 0 Å². The molecular formula is C16H14BrCl2N3O3S. The highest BCUT2D eigenvalue weighted by Crippen LogP contribution is 2.26. The minimum Gasteiger partial charge on any atom is -0.271 e. The third kappa shape index (κ3) is 6.28. The molecule has 1 amide bonds. The molecule has 0 radical (unpaired) electrons. The molecule has 138 valence electrons. The standard InChI is InChI=1S/C16H14BrCl2N3O3S/c1-26(24,25)22(15-7-13(18)6-14(19)8-15)10-16(23)21-20-9-11-2-4-12(17)5-3-11/h2-9H,10H2,1H3,(H,21,23)/b20-9-. The van der Waals surface area contributed by atoms with E-state index >= 15 is 0 Å². The van der Waals surface area contributed by atoms with E-state index in [1.807, 2.05) is 12.1 Å². The number of hydrogen-bond donors (Lipinski definition) is 1. The zero-order valence-electron chi connectivity index (χ0n) is 13.5. The molecule has 0 aliphatic carbocycles. The van der Waals surface area contributed by atoms with Gasteiger partial charge in [-0.05, 0) is 35.9 Å². The van der Waals surface area contributed by atoms with E-state index in [4.69, 9.17) is 23.2 Å². The fraction of sp³-hybridized carbons (Fsp3) is 0.125. The summed E-state index contributed by atoms with van der Waals surface area (Å²) >= 11 is 15.1. The second kappa shape index (κ2) is 8.85. The van der Waals surface area contributed by atoms with Crippen LogP contribution in [0, 0.1) is 0 Å². The van der Waals surface area contributed by atoms with Crippen LogP contribution in [0.25, 0.3) is 0 Å². The maximum atomic E-state index is 12.1. The number of carbonyl (C=O) groups is 1. The van der Waals surface area contributed by atoms with Crippen LogP contribution >= 0.6 is 39.1 Å². The largest absolute Gasteiger partial charge is 0.271 e. The number of nitrogens with zero attached hydrogens (tertiary/aromatic N) is 2. The Kier molecular flexibility index (Phi) is 7.05. The van der Waals surface area contributed by atoms with Crippen LogP contribution in [0.4, 0.5) is 5.69 Å². The SMILES string of the molecule is CS(=O)(=O)N(CC(=O)N/N=C\c1ccc(Br)cc1)c1cc(Cl)cc(Cl)c1. The molecule has 2 aromatic carbocycles. The predicted octanol–water partition coefficient (Wildman–Crippen LogP) is 3.67. The van der Waals surface area contributed by atoms with Crippen LogP contribution in [0.5, 0.6) is 0 Å². The van der Waals surface area contributed by atoms with Gasteiger partial charge in [0.1, 0.15) is 6.54 Å². The summed E-state index contributed by atoms with van der Waals surface area (Å²) in [5, 5.41) is 4.34. The minimum atomic E-state index is -3.73. The molecule has 0 bridgehead atoms. The molecule has 2 aromatic rings. The molecule has 0 unspecified atom stereocenters. The number of benzene rings is 2. The first-order valence-electron chi connectivity index (χ1n) is 7.16. The molecule has 0 heterocycles. The number of amides is 1. The molecule has 0 saturated carbocycles. The summed E-state index contributed by atoms with van der Waals surface area (Å²) in [6, 6.07) is 11.6. The Hall–Kier alpha value is -1.61. The zero-order valence-corrected chi connectivity index (χ0v) is 17.4. The fourth-order valence-electron chi connectivity index (χ4n) is 1.98. The molecule has 0 spiro atoms. The number of carbonyl (C=O) groups excluding carboxylic acids is 1. The topological polar surface area (TPSA) is 78.8 Å². The van der Waals surface area contributed by atoms with Crippen LogP contribution in [0.15, 0.2) is 52.0 Å². The molecule has 0 atom stereocenters. The predicted molar refractivity (Wildman–Crippen MR) is 109 cm³/mol. The lowest BCUT2D eigenvalue weighted by molar-refractivity contribution is -0.119. The van der Waals surface area contributed by atoms with Gasteiger partial charge in [-0.3, -0.25) is 9.10 Å². The highest BCUT2D eigenvalue weighted by molar-refractivity contribution is 9.10. The van der Waals surface area contributed by atoms with Gasteiger partial charge in [0.05, 0.1) is 18.2 Å². The normalized spacial score (nSPS) is 11.5. The first-order valence-corrected chi connectivity index (χ1v) is 10.6. The van der Waals surface area contributed by atoms with Crippen LogP contribution in [-0.2, 0) is 14.8 Å². The van der Waals surface area contributed by atoms with Crippen molar-refractivity contribution in [2.75, 3.05) is 17.1 Å². The van der Waals surface area contributed by atoms with E-state index in [2.05, 4.69) is 26.5 Å². The zero-order chi connectivity index (χ0) is 19.3. The number of hydrogen-bond acceptors (Lipinski definition) is 4. The van der Waals surface area contributed by atoms with Crippen molar-refractivity contribution in [1.82, 2.24) is 5.43 Å². The summed E-state index contributed by atoms with van der Waals surface area (Å²) in [4.78, 5) is 12.1. The van der Waals surface area contributed by atoms with Crippen LogP contribution in [0.1, 0.15) is 5.56 Å². The summed E-state index contributed by atoms with van der Waals surface area (Å²) in [5.41, 5.74) is 3.26. The van der Waals surface area contributed by atoms with Crippen LogP contribution in [0.2, 0.25) is 10.0 Å². The number of halogens is 3. The second-order valence-corrected chi connectivity index (χ2v) is 8.94. The van der Waals surface area contributed by atoms with Gasteiger partial charge >= 0.3 is 0 Å². The Bertz CT molecular complexity index is 914. The molecular weight excluding hydrogens is 465 g/mol. The number of sulfonamides is 1. The Morgan fingerprint density at radius 3 is 2.31 bits per heavy atom. The van der Waals surface area contributed by atoms with Gasteiger partial charge < -0.3 is 0 Å². The minimum absolute atomic E-state index is 0.192. The molecule has 10 heteroatoms. The average molecular weight is 479 g/mol. The van der Waals surface area contributed by atoms with Crippen molar-refractivity contribution in [3.63, 3.8) is 0 Å². The van der Waals surface area contributed by atoms with Crippen molar-refractivity contribution in [2.24, 2.45) is 5.10 Å². The molecule has 2 rings (SSSR count). The Morgan fingerprint density at radius 2 is 1.77 bits per heavy atom. The van der Waals surface area contributed by atoms with Crippen LogP contribution in [-0.4, -0.2) is 33.3 Å². The molecule has 0 aromatic heterocycles. The summed E-state index contributed by atoms with van der Waals surface area (Å²) in [6.07, 6.45) is 2.44. The van der Waals surface area contributed by atoms with E-state index in [-0.39, 0.29) is 15.7 Å². The molecule has 0 saturated heterocycles. The summed E-state index contributed by atoms with van der Waals surface area (Å²) < 4.78 is 25.9. The van der Waals surface area contributed by atoms with Crippen molar-refractivity contribution < 1.29 is 13.2 Å². The van der Waals surface area contributed by atoms with E-state index in [1.54, 1.807) is 12.1 Å². The van der Waals surface area contributed by atoms with Crippen molar-refractivity contribution in [3.05, 3.63) is 62.5 Å². The summed E-state index contributed by atoms with van der Waals surface area (Å²) in [6.45, 7) is -0.465. The quantitative estimate of drug-likeness (QED) is 0.508. The Labute approximate surface area is 170 Å². The maximum absolute atomic E-state index is 12.1. The highest BCUT2D eigenvalue weighted by atomic mass is 79.9. The summed E-state index contributed by atoms with van der Waals surface area (Å²) in [5.74, 6) is -0.611. The lowest BCUT2D eigenvalue weighted by Crippen LogP contribution is -2.39. The third-order valence-electron chi connectivity index (χ3n) is 3.10. The molecule has 0 fully saturated rings. The van der Waals surface area contributed by atoms with E-state index in [0.29, 0.717) is 0 Å². The van der Waals surface area contributed by atoms with Crippen LogP contribution < -0.4 is 9.73 Å². The lowest BCUT2D eigenvalue weighted by Gasteiger charge is -2.21. The number of rotatable bonds is 6. The highest BCUT2D eigenvalue weighted by Gasteiger charge is 2.21. The monoisotopic (exact) mass is 477 g/mol. The van der Waals surface area contributed by atoms with E-state index in [0.717, 1.165) is 20.6 Å². The molecule has 0 aliphatic heterocycles. The lowest BCUT2D eigenvalue weighted by atomic mass is 10.2. The molecule has 0 aliphatic rings. The first-order chi connectivity index (χ1) is 12.1. The van der Waals surface area contributed by atoms with Gasteiger partial charge in [0, 0.05) is 14.5 Å². The number of hydrazone groups is 1. The van der Waals surface area contributed by atoms with Gasteiger partial charge in [0.15, 0.2) is 0 Å². The van der Waals surface area contributed by atoms with Crippen molar-refractivity contribution in [3.8, 4) is 0 Å². The van der Waals surface area contributed by atoms with Crippen molar-refractivity contribution >= 4 is 67.0 Å². The van der Waals surface area contributed by atoms with Gasteiger partial charge in [-0.1, -0.05) is 51.3 Å². The van der Waals surface area contributed by atoms with Crippen molar-refractivity contribution in [2.45, 2.75) is 0 Å². The third-order valence-corrected chi connectivity index (χ3v) is 5.20. The number of nitrogens with one attached hydrogen (secondary N) is 1. The van der Waals surface area contributed by atoms with Crippen LogP contribution in [0.3, 0.4) is 0 Å². The molecule has 26 heavy (non-hydrogen) atoms.